The molecule has 124 valence electrons. The van der Waals surface area contributed by atoms with E-state index in [0.29, 0.717) is 21.4 Å². The first-order valence-corrected chi connectivity index (χ1v) is 7.72. The summed E-state index contributed by atoms with van der Waals surface area (Å²) in [5.41, 5.74) is 1.10. The van der Waals surface area contributed by atoms with E-state index in [4.69, 9.17) is 32.7 Å². The van der Waals surface area contributed by atoms with Crippen LogP contribution in [0.1, 0.15) is 15.9 Å². The average molecular weight is 365 g/mol. The van der Waals surface area contributed by atoms with Crippen molar-refractivity contribution in [3.8, 4) is 5.75 Å². The Hall–Kier alpha value is -2.30. The summed E-state index contributed by atoms with van der Waals surface area (Å²) >= 11 is 11.8. The Bertz CT molecular complexity index is 784. The highest BCUT2D eigenvalue weighted by atomic mass is 35.5. The normalized spacial score (nSPS) is 10.6. The maximum atomic E-state index is 12.0. The fourth-order valence-corrected chi connectivity index (χ4v) is 2.34. The Morgan fingerprint density at radius 1 is 1.12 bits per heavy atom. The quantitative estimate of drug-likeness (QED) is 0.431. The van der Waals surface area contributed by atoms with Gasteiger partial charge in [-0.1, -0.05) is 35.3 Å². The van der Waals surface area contributed by atoms with Gasteiger partial charge in [0.15, 0.2) is 12.4 Å². The van der Waals surface area contributed by atoms with Gasteiger partial charge in [0, 0.05) is 16.7 Å². The summed E-state index contributed by atoms with van der Waals surface area (Å²) in [4.78, 5) is 23.7. The molecule has 0 radical (unpaired) electrons. The predicted molar refractivity (Wildman–Crippen MR) is 93.8 cm³/mol. The van der Waals surface area contributed by atoms with Crippen molar-refractivity contribution >= 4 is 41.0 Å². The van der Waals surface area contributed by atoms with Crippen LogP contribution in [-0.2, 0) is 9.53 Å². The van der Waals surface area contributed by atoms with Gasteiger partial charge in [-0.2, -0.15) is 0 Å². The first-order valence-electron chi connectivity index (χ1n) is 6.97. The first-order chi connectivity index (χ1) is 11.5. The molecule has 0 saturated carbocycles. The number of hydrogen-bond donors (Lipinski definition) is 0. The van der Waals surface area contributed by atoms with Crippen molar-refractivity contribution in [1.82, 2.24) is 0 Å². The smallest absolute Gasteiger partial charge is 0.331 e. The number of ether oxygens (including phenoxy) is 2. The lowest BCUT2D eigenvalue weighted by molar-refractivity contribution is -0.136. The van der Waals surface area contributed by atoms with Gasteiger partial charge in [0.1, 0.15) is 5.75 Å². The third-order valence-corrected chi connectivity index (χ3v) is 3.61. The minimum absolute atomic E-state index is 0.315. The summed E-state index contributed by atoms with van der Waals surface area (Å²) in [5, 5.41) is 0.882. The Labute approximate surface area is 149 Å². The van der Waals surface area contributed by atoms with Crippen molar-refractivity contribution in [3.63, 3.8) is 0 Å². The number of rotatable bonds is 6. The lowest BCUT2D eigenvalue weighted by Gasteiger charge is -2.05. The summed E-state index contributed by atoms with van der Waals surface area (Å²) in [6, 6.07) is 11.6. The Morgan fingerprint density at radius 3 is 2.58 bits per heavy atom. The standard InChI is InChI=1S/C18H14Cl2O4/c1-23-17-7-6-13(10-15(17)20)16(21)11-24-18(22)8-5-12-3-2-4-14(19)9-12/h2-10H,11H2,1H3/b8-5+. The molecule has 0 amide bonds. The molecule has 2 rings (SSSR count). The molecule has 0 N–H and O–H groups in total. The summed E-state index contributed by atoms with van der Waals surface area (Å²) in [6.45, 7) is -0.374. The van der Waals surface area contributed by atoms with Crippen molar-refractivity contribution < 1.29 is 19.1 Å². The molecule has 4 nitrogen and oxygen atoms in total. The molecule has 0 bridgehead atoms. The SMILES string of the molecule is COc1ccc(C(=O)COC(=O)/C=C/c2cccc(Cl)c2)cc1Cl. The van der Waals surface area contributed by atoms with Crippen LogP contribution in [0.15, 0.2) is 48.5 Å². The van der Waals surface area contributed by atoms with E-state index in [1.807, 2.05) is 0 Å². The molecular weight excluding hydrogens is 351 g/mol. The Morgan fingerprint density at radius 2 is 1.92 bits per heavy atom. The van der Waals surface area contributed by atoms with Gasteiger partial charge in [-0.25, -0.2) is 4.79 Å². The van der Waals surface area contributed by atoms with E-state index in [-0.39, 0.29) is 12.4 Å². The van der Waals surface area contributed by atoms with Crippen molar-refractivity contribution in [2.45, 2.75) is 0 Å². The topological polar surface area (TPSA) is 52.6 Å². The predicted octanol–water partition coefficient (Wildman–Crippen LogP) is 4.44. The van der Waals surface area contributed by atoms with Gasteiger partial charge in [-0.15, -0.1) is 0 Å². The number of methoxy groups -OCH3 is 1. The van der Waals surface area contributed by atoms with Gasteiger partial charge in [0.25, 0.3) is 0 Å². The lowest BCUT2D eigenvalue weighted by atomic mass is 10.1. The molecule has 0 spiro atoms. The van der Waals surface area contributed by atoms with E-state index >= 15 is 0 Å². The minimum atomic E-state index is -0.622. The second kappa shape index (κ2) is 8.52. The Kier molecular flexibility index (Phi) is 6.41. The van der Waals surface area contributed by atoms with E-state index in [1.54, 1.807) is 42.5 Å². The van der Waals surface area contributed by atoms with Gasteiger partial charge >= 0.3 is 5.97 Å². The first kappa shape index (κ1) is 18.0. The van der Waals surface area contributed by atoms with Crippen molar-refractivity contribution in [2.24, 2.45) is 0 Å². The number of halogens is 2. The molecule has 0 fully saturated rings. The fraction of sp³-hybridized carbons (Fsp3) is 0.111. The van der Waals surface area contributed by atoms with Gasteiger partial charge in [0.2, 0.25) is 0 Å². The molecular formula is C18H14Cl2O4. The number of benzene rings is 2. The van der Waals surface area contributed by atoms with Gasteiger partial charge < -0.3 is 9.47 Å². The summed E-state index contributed by atoms with van der Waals surface area (Å²) in [6.07, 6.45) is 2.79. The minimum Gasteiger partial charge on any atom is -0.495 e. The fourth-order valence-electron chi connectivity index (χ4n) is 1.88. The number of ketones is 1. The zero-order valence-electron chi connectivity index (χ0n) is 12.8. The summed E-state index contributed by atoms with van der Waals surface area (Å²) < 4.78 is 9.94. The van der Waals surface area contributed by atoms with E-state index in [9.17, 15) is 9.59 Å². The van der Waals surface area contributed by atoms with Crippen LogP contribution >= 0.6 is 23.2 Å². The molecule has 2 aromatic carbocycles. The Balaban J connectivity index is 1.91. The van der Waals surface area contributed by atoms with Crippen LogP contribution in [0.5, 0.6) is 5.75 Å². The highest BCUT2D eigenvalue weighted by Gasteiger charge is 2.11. The summed E-state index contributed by atoms with van der Waals surface area (Å²) in [5.74, 6) is -0.512. The monoisotopic (exact) mass is 364 g/mol. The van der Waals surface area contributed by atoms with Crippen LogP contribution in [0, 0.1) is 0 Å². The maximum Gasteiger partial charge on any atom is 0.331 e. The molecule has 0 aliphatic rings. The molecule has 0 atom stereocenters. The van der Waals surface area contributed by atoms with E-state index in [0.717, 1.165) is 5.56 Å². The number of Topliss-reactive ketones (excluding diaryl/α,β-unsaturated/α-hetero) is 1. The molecule has 6 heteroatoms. The van der Waals surface area contributed by atoms with Crippen LogP contribution in [0.2, 0.25) is 10.0 Å². The largest absolute Gasteiger partial charge is 0.495 e. The van der Waals surface area contributed by atoms with Crippen LogP contribution in [0.3, 0.4) is 0 Å². The zero-order chi connectivity index (χ0) is 17.5. The highest BCUT2D eigenvalue weighted by molar-refractivity contribution is 6.32. The van der Waals surface area contributed by atoms with Gasteiger partial charge in [-0.05, 0) is 42.0 Å². The number of carbonyl (C=O) groups excluding carboxylic acids is 2. The molecule has 0 aliphatic heterocycles. The summed E-state index contributed by atoms with van der Waals surface area (Å²) in [7, 11) is 1.48. The highest BCUT2D eigenvalue weighted by Crippen LogP contribution is 2.25. The third-order valence-electron chi connectivity index (χ3n) is 3.08. The van der Waals surface area contributed by atoms with Gasteiger partial charge in [0.05, 0.1) is 12.1 Å². The van der Waals surface area contributed by atoms with E-state index in [2.05, 4.69) is 0 Å². The second-order valence-corrected chi connectivity index (χ2v) is 5.61. The number of esters is 1. The van der Waals surface area contributed by atoms with Crippen LogP contribution in [0.4, 0.5) is 0 Å². The maximum absolute atomic E-state index is 12.0. The van der Waals surface area contributed by atoms with Crippen LogP contribution in [-0.4, -0.2) is 25.5 Å². The zero-order valence-corrected chi connectivity index (χ0v) is 14.3. The lowest BCUT2D eigenvalue weighted by Crippen LogP contribution is -2.12. The van der Waals surface area contributed by atoms with E-state index in [1.165, 1.54) is 19.3 Å². The van der Waals surface area contributed by atoms with Crippen molar-refractivity contribution in [3.05, 3.63) is 69.7 Å². The van der Waals surface area contributed by atoms with E-state index < -0.39 is 5.97 Å². The molecule has 0 aromatic heterocycles. The second-order valence-electron chi connectivity index (χ2n) is 4.77. The van der Waals surface area contributed by atoms with Crippen molar-refractivity contribution in [1.29, 1.82) is 0 Å². The van der Waals surface area contributed by atoms with Gasteiger partial charge in [-0.3, -0.25) is 4.79 Å². The number of carbonyl (C=O) groups is 2. The van der Waals surface area contributed by atoms with Crippen LogP contribution in [0.25, 0.3) is 6.08 Å². The average Bonchev–Trinajstić information content (AvgIpc) is 2.57. The molecule has 24 heavy (non-hydrogen) atoms. The third kappa shape index (κ3) is 5.11. The van der Waals surface area contributed by atoms with Crippen LogP contribution < -0.4 is 4.74 Å². The number of hydrogen-bond acceptors (Lipinski definition) is 4. The molecule has 0 aliphatic carbocycles. The van der Waals surface area contributed by atoms with Crippen molar-refractivity contribution in [2.75, 3.05) is 13.7 Å². The molecule has 2 aromatic rings. The molecule has 0 saturated heterocycles. The molecule has 0 unspecified atom stereocenters. The molecule has 0 heterocycles.